The number of hydrogen-bond donors (Lipinski definition) is 1. The molecular weight excluding hydrogens is 252 g/mol. The first-order valence-electron chi connectivity index (χ1n) is 5.37. The molecule has 0 bridgehead atoms. The van der Waals surface area contributed by atoms with Gasteiger partial charge in [-0.1, -0.05) is 0 Å². The van der Waals surface area contributed by atoms with Gasteiger partial charge in [-0.2, -0.15) is 5.10 Å². The molecule has 2 aromatic rings. The Kier molecular flexibility index (Phi) is 3.33. The average molecular weight is 266 g/mol. The van der Waals surface area contributed by atoms with E-state index >= 15 is 0 Å². The summed E-state index contributed by atoms with van der Waals surface area (Å²) in [6, 6.07) is 7.19. The van der Waals surface area contributed by atoms with Gasteiger partial charge in [-0.3, -0.25) is 4.68 Å². The number of anilines is 1. The maximum Gasteiger partial charge on any atom is 0.181 e. The number of nitrogens with two attached hydrogens (primary N) is 1. The quantitative estimate of drug-likeness (QED) is 0.817. The van der Waals surface area contributed by atoms with Crippen LogP contribution in [0, 0.1) is 0 Å². The number of sulfone groups is 1. The lowest BCUT2D eigenvalue weighted by Crippen LogP contribution is -2.11. The summed E-state index contributed by atoms with van der Waals surface area (Å²) in [5.41, 5.74) is 7.12. The highest BCUT2D eigenvalue weighted by Crippen LogP contribution is 2.15. The van der Waals surface area contributed by atoms with Crippen molar-refractivity contribution in [3.8, 4) is 11.4 Å². The third kappa shape index (κ3) is 3.30. The zero-order chi connectivity index (χ0) is 13.2. The van der Waals surface area contributed by atoms with E-state index in [1.54, 1.807) is 12.1 Å². The van der Waals surface area contributed by atoms with E-state index in [0.29, 0.717) is 18.1 Å². The maximum absolute atomic E-state index is 11.0. The molecule has 0 aliphatic carbocycles. The second kappa shape index (κ2) is 4.77. The Morgan fingerprint density at radius 1 is 1.28 bits per heavy atom. The average Bonchev–Trinajstić information content (AvgIpc) is 2.75. The van der Waals surface area contributed by atoms with E-state index in [0.717, 1.165) is 5.56 Å². The van der Waals surface area contributed by atoms with E-state index in [9.17, 15) is 8.42 Å². The molecule has 0 fully saturated rings. The van der Waals surface area contributed by atoms with Crippen LogP contribution >= 0.6 is 0 Å². The summed E-state index contributed by atoms with van der Waals surface area (Å²) in [6.07, 6.45) is 2.72. The molecular formula is C11H14N4O2S. The van der Waals surface area contributed by atoms with E-state index < -0.39 is 9.84 Å². The van der Waals surface area contributed by atoms with E-state index in [2.05, 4.69) is 10.1 Å². The van der Waals surface area contributed by atoms with Crippen molar-refractivity contribution in [3.05, 3.63) is 30.6 Å². The lowest BCUT2D eigenvalue weighted by molar-refractivity contribution is 0.586. The second-order valence-electron chi connectivity index (χ2n) is 4.08. The fraction of sp³-hybridized carbons (Fsp3) is 0.273. The summed E-state index contributed by atoms with van der Waals surface area (Å²) < 4.78 is 23.6. The predicted octanol–water partition coefficient (Wildman–Crippen LogP) is 0.572. The van der Waals surface area contributed by atoms with E-state index in [4.69, 9.17) is 5.73 Å². The van der Waals surface area contributed by atoms with Crippen molar-refractivity contribution in [2.45, 2.75) is 6.54 Å². The summed E-state index contributed by atoms with van der Waals surface area (Å²) in [4.78, 5) is 4.13. The Bertz CT molecular complexity index is 631. The summed E-state index contributed by atoms with van der Waals surface area (Å²) in [5.74, 6) is 0.612. The van der Waals surface area contributed by atoms with Crippen LogP contribution in [0.5, 0.6) is 0 Å². The maximum atomic E-state index is 11.0. The van der Waals surface area contributed by atoms with Gasteiger partial charge in [-0.25, -0.2) is 13.4 Å². The summed E-state index contributed by atoms with van der Waals surface area (Å²) in [7, 11) is -2.99. The van der Waals surface area contributed by atoms with Crippen LogP contribution in [-0.2, 0) is 16.4 Å². The van der Waals surface area contributed by atoms with Gasteiger partial charge in [0.25, 0.3) is 0 Å². The van der Waals surface area contributed by atoms with Gasteiger partial charge in [0, 0.05) is 17.5 Å². The Morgan fingerprint density at radius 2 is 1.94 bits per heavy atom. The van der Waals surface area contributed by atoms with Gasteiger partial charge in [-0.15, -0.1) is 0 Å². The number of aryl methyl sites for hydroxylation is 1. The minimum atomic E-state index is -2.99. The van der Waals surface area contributed by atoms with Gasteiger partial charge in [0.15, 0.2) is 5.82 Å². The van der Waals surface area contributed by atoms with E-state index in [-0.39, 0.29) is 5.75 Å². The molecule has 0 aliphatic heterocycles. The first-order chi connectivity index (χ1) is 8.44. The third-order valence-electron chi connectivity index (χ3n) is 2.40. The Morgan fingerprint density at radius 3 is 2.56 bits per heavy atom. The molecule has 2 rings (SSSR count). The number of aromatic nitrogens is 3. The molecule has 1 aromatic heterocycles. The molecule has 18 heavy (non-hydrogen) atoms. The number of benzene rings is 1. The Balaban J connectivity index is 2.13. The molecule has 96 valence electrons. The van der Waals surface area contributed by atoms with Crippen LogP contribution in [0.1, 0.15) is 0 Å². The van der Waals surface area contributed by atoms with Crippen LogP contribution in [0.4, 0.5) is 5.69 Å². The minimum absolute atomic E-state index is 0.0531. The van der Waals surface area contributed by atoms with Gasteiger partial charge in [-0.05, 0) is 24.3 Å². The molecule has 2 N–H and O–H groups in total. The molecule has 0 atom stereocenters. The number of nitrogen functional groups attached to an aromatic ring is 1. The number of hydrogen-bond acceptors (Lipinski definition) is 5. The SMILES string of the molecule is CS(=O)(=O)CCn1cnc(-c2ccc(N)cc2)n1. The van der Waals surface area contributed by atoms with Crippen molar-refractivity contribution in [2.75, 3.05) is 17.7 Å². The van der Waals surface area contributed by atoms with Crippen molar-refractivity contribution in [1.82, 2.24) is 14.8 Å². The Labute approximate surface area is 105 Å². The van der Waals surface area contributed by atoms with Gasteiger partial charge >= 0.3 is 0 Å². The minimum Gasteiger partial charge on any atom is -0.399 e. The van der Waals surface area contributed by atoms with Crippen molar-refractivity contribution < 1.29 is 8.42 Å². The lowest BCUT2D eigenvalue weighted by atomic mass is 10.2. The molecule has 0 amide bonds. The molecule has 6 nitrogen and oxygen atoms in total. The monoisotopic (exact) mass is 266 g/mol. The normalized spacial score (nSPS) is 11.6. The van der Waals surface area contributed by atoms with E-state index in [1.807, 2.05) is 12.1 Å². The Hall–Kier alpha value is -1.89. The van der Waals surface area contributed by atoms with Crippen molar-refractivity contribution in [2.24, 2.45) is 0 Å². The highest BCUT2D eigenvalue weighted by atomic mass is 32.2. The van der Waals surface area contributed by atoms with Crippen molar-refractivity contribution >= 4 is 15.5 Å². The molecule has 0 saturated carbocycles. The van der Waals surface area contributed by atoms with Crippen molar-refractivity contribution in [1.29, 1.82) is 0 Å². The summed E-state index contributed by atoms with van der Waals surface area (Å²) in [6.45, 7) is 0.306. The van der Waals surface area contributed by atoms with Gasteiger partial charge in [0.05, 0.1) is 12.3 Å². The van der Waals surface area contributed by atoms with Gasteiger partial charge < -0.3 is 5.73 Å². The van der Waals surface area contributed by atoms with Gasteiger partial charge in [0.2, 0.25) is 0 Å². The van der Waals surface area contributed by atoms with Crippen LogP contribution < -0.4 is 5.73 Å². The summed E-state index contributed by atoms with van der Waals surface area (Å²) >= 11 is 0. The van der Waals surface area contributed by atoms with Crippen LogP contribution in [-0.4, -0.2) is 35.2 Å². The number of rotatable bonds is 4. The lowest BCUT2D eigenvalue weighted by Gasteiger charge is -1.98. The summed E-state index contributed by atoms with van der Waals surface area (Å²) in [5, 5.41) is 4.21. The third-order valence-corrected chi connectivity index (χ3v) is 3.32. The topological polar surface area (TPSA) is 90.9 Å². The zero-order valence-electron chi connectivity index (χ0n) is 9.94. The first kappa shape index (κ1) is 12.6. The van der Waals surface area contributed by atoms with Crippen molar-refractivity contribution in [3.63, 3.8) is 0 Å². The van der Waals surface area contributed by atoms with Crippen LogP contribution in [0.2, 0.25) is 0 Å². The van der Waals surface area contributed by atoms with Crippen LogP contribution in [0.15, 0.2) is 30.6 Å². The number of nitrogens with zero attached hydrogens (tertiary/aromatic N) is 3. The van der Waals surface area contributed by atoms with Gasteiger partial charge in [0.1, 0.15) is 16.2 Å². The molecule has 1 heterocycles. The van der Waals surface area contributed by atoms with Crippen LogP contribution in [0.25, 0.3) is 11.4 Å². The fourth-order valence-electron chi connectivity index (χ4n) is 1.43. The molecule has 0 spiro atoms. The zero-order valence-corrected chi connectivity index (χ0v) is 10.8. The molecule has 0 saturated heterocycles. The molecule has 0 unspecified atom stereocenters. The highest BCUT2D eigenvalue weighted by Gasteiger charge is 2.06. The largest absolute Gasteiger partial charge is 0.399 e. The molecule has 7 heteroatoms. The first-order valence-corrected chi connectivity index (χ1v) is 7.43. The fourth-order valence-corrected chi connectivity index (χ4v) is 1.94. The van der Waals surface area contributed by atoms with E-state index in [1.165, 1.54) is 17.3 Å². The predicted molar refractivity (Wildman–Crippen MR) is 69.6 cm³/mol. The molecule has 1 aromatic carbocycles. The second-order valence-corrected chi connectivity index (χ2v) is 6.34. The standard InChI is InChI=1S/C11H14N4O2S/c1-18(16,17)7-6-15-8-13-11(14-15)9-2-4-10(12)5-3-9/h2-5,8H,6-7,12H2,1H3. The molecule has 0 radical (unpaired) electrons. The smallest absolute Gasteiger partial charge is 0.181 e. The van der Waals surface area contributed by atoms with Crippen LogP contribution in [0.3, 0.4) is 0 Å². The highest BCUT2D eigenvalue weighted by molar-refractivity contribution is 7.90. The molecule has 0 aliphatic rings.